The van der Waals surface area contributed by atoms with E-state index in [-0.39, 0.29) is 12.0 Å². The lowest BCUT2D eigenvalue weighted by atomic mass is 9.96. The monoisotopic (exact) mass is 342 g/mol. The Morgan fingerprint density at radius 1 is 1.55 bits per heavy atom. The summed E-state index contributed by atoms with van der Waals surface area (Å²) < 4.78 is 12.1. The summed E-state index contributed by atoms with van der Waals surface area (Å²) in [5, 5.41) is 3.32. The number of piperidine rings is 1. The first-order valence-electron chi connectivity index (χ1n) is 6.57. The predicted octanol–water partition coefficient (Wildman–Crippen LogP) is 1.55. The van der Waals surface area contributed by atoms with Crippen LogP contribution in [0.1, 0.15) is 16.8 Å². The maximum absolute atomic E-state index is 11.5. The molecule has 1 aliphatic rings. The largest absolute Gasteiger partial charge is 0.489 e. The molecule has 1 saturated heterocycles. The molecule has 0 bridgehead atoms. The summed E-state index contributed by atoms with van der Waals surface area (Å²) in [4.78, 5) is 11.5. The first-order valence-corrected chi connectivity index (χ1v) is 7.36. The molecule has 110 valence electrons. The van der Waals surface area contributed by atoms with Crippen LogP contribution in [-0.4, -0.2) is 38.8 Å². The van der Waals surface area contributed by atoms with Gasteiger partial charge in [0.25, 0.3) is 5.91 Å². The number of primary amides is 1. The number of hydrogen-bond donors (Lipinski definition) is 2. The Balaban J connectivity index is 2.17. The highest BCUT2D eigenvalue weighted by Crippen LogP contribution is 2.27. The second-order valence-corrected chi connectivity index (χ2v) is 5.78. The van der Waals surface area contributed by atoms with Gasteiger partial charge in [0.2, 0.25) is 0 Å². The van der Waals surface area contributed by atoms with Crippen LogP contribution < -0.4 is 15.8 Å². The predicted molar refractivity (Wildman–Crippen MR) is 79.9 cm³/mol. The summed E-state index contributed by atoms with van der Waals surface area (Å²) in [5.74, 6) is 0.311. The molecule has 0 aromatic heterocycles. The Morgan fingerprint density at radius 2 is 2.35 bits per heavy atom. The lowest BCUT2D eigenvalue weighted by Gasteiger charge is -2.32. The zero-order valence-electron chi connectivity index (χ0n) is 11.4. The highest BCUT2D eigenvalue weighted by atomic mass is 79.9. The minimum atomic E-state index is -0.487. The van der Waals surface area contributed by atoms with Crippen LogP contribution in [0.4, 0.5) is 0 Å². The van der Waals surface area contributed by atoms with Gasteiger partial charge in [-0.2, -0.15) is 0 Å². The van der Waals surface area contributed by atoms with E-state index in [4.69, 9.17) is 15.2 Å². The number of rotatable bonds is 5. The fourth-order valence-corrected chi connectivity index (χ4v) is 2.76. The van der Waals surface area contributed by atoms with Crippen LogP contribution in [0.25, 0.3) is 0 Å². The molecule has 1 aliphatic heterocycles. The van der Waals surface area contributed by atoms with Crippen LogP contribution in [0.3, 0.4) is 0 Å². The minimum absolute atomic E-state index is 0.0236. The van der Waals surface area contributed by atoms with Crippen molar-refractivity contribution in [2.24, 2.45) is 11.7 Å². The number of nitrogens with two attached hydrogens (primary N) is 1. The summed E-state index contributed by atoms with van der Waals surface area (Å²) in [6.07, 6.45) is 0.901. The normalized spacial score (nSPS) is 22.5. The van der Waals surface area contributed by atoms with Crippen molar-refractivity contribution in [2.75, 3.05) is 26.8 Å². The van der Waals surface area contributed by atoms with Gasteiger partial charge in [-0.05, 0) is 31.2 Å². The molecular formula is C14H19BrN2O3. The van der Waals surface area contributed by atoms with Crippen LogP contribution in [-0.2, 0) is 4.74 Å². The number of benzene rings is 1. The maximum Gasteiger partial charge on any atom is 0.252 e. The topological polar surface area (TPSA) is 73.6 Å². The molecule has 2 unspecified atom stereocenters. The maximum atomic E-state index is 11.5. The van der Waals surface area contributed by atoms with E-state index >= 15 is 0 Å². The second kappa shape index (κ2) is 7.06. The molecule has 2 atom stereocenters. The highest BCUT2D eigenvalue weighted by molar-refractivity contribution is 9.10. The molecule has 0 radical (unpaired) electrons. The van der Waals surface area contributed by atoms with Gasteiger partial charge in [-0.25, -0.2) is 0 Å². The van der Waals surface area contributed by atoms with Crippen molar-refractivity contribution in [2.45, 2.75) is 12.5 Å². The van der Waals surface area contributed by atoms with Gasteiger partial charge in [0.05, 0.1) is 12.2 Å². The summed E-state index contributed by atoms with van der Waals surface area (Å²) in [5.41, 5.74) is 5.80. The Morgan fingerprint density at radius 3 is 3.05 bits per heavy atom. The Labute approximate surface area is 126 Å². The third-order valence-electron chi connectivity index (χ3n) is 3.40. The first kappa shape index (κ1) is 15.3. The summed E-state index contributed by atoms with van der Waals surface area (Å²) in [6, 6.07) is 5.30. The Hall–Kier alpha value is -1.11. The van der Waals surface area contributed by atoms with Gasteiger partial charge >= 0.3 is 0 Å². The van der Waals surface area contributed by atoms with Crippen molar-refractivity contribution in [1.82, 2.24) is 5.32 Å². The average molecular weight is 343 g/mol. The van der Waals surface area contributed by atoms with E-state index in [1.807, 2.05) is 6.07 Å². The van der Waals surface area contributed by atoms with E-state index in [1.165, 1.54) is 0 Å². The summed E-state index contributed by atoms with van der Waals surface area (Å²) >= 11 is 3.33. The van der Waals surface area contributed by atoms with Crippen molar-refractivity contribution in [3.63, 3.8) is 0 Å². The van der Waals surface area contributed by atoms with E-state index in [9.17, 15) is 4.79 Å². The number of halogens is 1. The minimum Gasteiger partial charge on any atom is -0.489 e. The van der Waals surface area contributed by atoms with Crippen LogP contribution in [0, 0.1) is 5.92 Å². The average Bonchev–Trinajstić information content (AvgIpc) is 2.43. The Kier molecular flexibility index (Phi) is 5.39. The number of carbonyl (C=O) groups excluding carboxylic acids is 1. The highest BCUT2D eigenvalue weighted by Gasteiger charge is 2.27. The molecule has 3 N–H and O–H groups in total. The molecule has 1 amide bonds. The van der Waals surface area contributed by atoms with Crippen LogP contribution in [0.15, 0.2) is 22.7 Å². The molecule has 6 heteroatoms. The number of amides is 1. The number of methoxy groups -OCH3 is 1. The third kappa shape index (κ3) is 3.71. The SMILES string of the molecule is COCC1CNCCC1Oc1ccc(Br)cc1C(N)=O. The molecular weight excluding hydrogens is 324 g/mol. The molecule has 1 aromatic carbocycles. The van der Waals surface area contributed by atoms with E-state index in [1.54, 1.807) is 19.2 Å². The standard InChI is InChI=1S/C14H19BrN2O3/c1-19-8-9-7-17-5-4-12(9)20-13-3-2-10(15)6-11(13)14(16)18/h2-3,6,9,12,17H,4-5,7-8H2,1H3,(H2,16,18). The summed E-state index contributed by atoms with van der Waals surface area (Å²) in [7, 11) is 1.68. The molecule has 20 heavy (non-hydrogen) atoms. The fraction of sp³-hybridized carbons (Fsp3) is 0.500. The third-order valence-corrected chi connectivity index (χ3v) is 3.90. The van der Waals surface area contributed by atoms with Gasteiger partial charge in [-0.1, -0.05) is 15.9 Å². The van der Waals surface area contributed by atoms with E-state index in [2.05, 4.69) is 21.2 Å². The van der Waals surface area contributed by atoms with E-state index < -0.39 is 5.91 Å². The van der Waals surface area contributed by atoms with Crippen molar-refractivity contribution < 1.29 is 14.3 Å². The van der Waals surface area contributed by atoms with Crippen molar-refractivity contribution in [3.8, 4) is 5.75 Å². The molecule has 1 fully saturated rings. The van der Waals surface area contributed by atoms with Crippen LogP contribution >= 0.6 is 15.9 Å². The van der Waals surface area contributed by atoms with Gasteiger partial charge < -0.3 is 20.5 Å². The molecule has 0 saturated carbocycles. The van der Waals surface area contributed by atoms with Gasteiger partial charge in [-0.3, -0.25) is 4.79 Å². The van der Waals surface area contributed by atoms with E-state index in [0.29, 0.717) is 17.9 Å². The van der Waals surface area contributed by atoms with Gasteiger partial charge in [0.1, 0.15) is 11.9 Å². The van der Waals surface area contributed by atoms with Gasteiger partial charge in [0.15, 0.2) is 0 Å². The lowest BCUT2D eigenvalue weighted by molar-refractivity contribution is 0.0436. The fourth-order valence-electron chi connectivity index (χ4n) is 2.40. The number of carbonyl (C=O) groups is 1. The lowest BCUT2D eigenvalue weighted by Crippen LogP contribution is -2.45. The molecule has 1 aromatic rings. The zero-order valence-corrected chi connectivity index (χ0v) is 13.0. The first-order chi connectivity index (χ1) is 9.61. The molecule has 2 rings (SSSR count). The second-order valence-electron chi connectivity index (χ2n) is 4.87. The number of hydrogen-bond acceptors (Lipinski definition) is 4. The molecule has 0 spiro atoms. The molecule has 1 heterocycles. The van der Waals surface area contributed by atoms with Crippen LogP contribution in [0.2, 0.25) is 0 Å². The van der Waals surface area contributed by atoms with Crippen molar-refractivity contribution >= 4 is 21.8 Å². The summed E-state index contributed by atoms with van der Waals surface area (Å²) in [6.45, 7) is 2.37. The molecule has 0 aliphatic carbocycles. The van der Waals surface area contributed by atoms with Crippen LogP contribution in [0.5, 0.6) is 5.75 Å². The smallest absolute Gasteiger partial charge is 0.252 e. The molecule has 5 nitrogen and oxygen atoms in total. The van der Waals surface area contributed by atoms with Gasteiger partial charge in [0, 0.05) is 24.0 Å². The number of ether oxygens (including phenoxy) is 2. The van der Waals surface area contributed by atoms with Gasteiger partial charge in [-0.15, -0.1) is 0 Å². The Bertz CT molecular complexity index is 479. The zero-order chi connectivity index (χ0) is 14.5. The number of nitrogens with one attached hydrogen (secondary N) is 1. The quantitative estimate of drug-likeness (QED) is 0.851. The van der Waals surface area contributed by atoms with E-state index in [0.717, 1.165) is 24.0 Å². The van der Waals surface area contributed by atoms with Crippen molar-refractivity contribution in [1.29, 1.82) is 0 Å². The van der Waals surface area contributed by atoms with Crippen molar-refractivity contribution in [3.05, 3.63) is 28.2 Å².